The molecule has 14 rings (SSSR count). The summed E-state index contributed by atoms with van der Waals surface area (Å²) in [5.41, 5.74) is 9.77. The fourth-order valence-corrected chi connectivity index (χ4v) is 9.44. The van der Waals surface area contributed by atoms with Gasteiger partial charge in [0.25, 0.3) is 0 Å². The number of aromatic nitrogens is 8. The molecule has 6 heterocycles. The summed E-state index contributed by atoms with van der Waals surface area (Å²) in [4.78, 5) is 3.38. The van der Waals surface area contributed by atoms with E-state index in [9.17, 15) is 0 Å². The molecular formula is C56H37BrN8. The molecule has 0 amide bonds. The summed E-state index contributed by atoms with van der Waals surface area (Å²) in [5.74, 6) is 1.69. The quantitative estimate of drug-likeness (QED) is 0.192. The van der Waals surface area contributed by atoms with Crippen molar-refractivity contribution in [3.8, 4) is 28.5 Å². The van der Waals surface area contributed by atoms with E-state index < -0.39 is 0 Å². The van der Waals surface area contributed by atoms with Crippen molar-refractivity contribution in [3.05, 3.63) is 223 Å². The van der Waals surface area contributed by atoms with E-state index in [1.54, 1.807) is 0 Å². The molecule has 9 heteroatoms. The first-order valence-corrected chi connectivity index (χ1v) is 22.2. The second-order valence-electron chi connectivity index (χ2n) is 15.9. The van der Waals surface area contributed by atoms with Crippen molar-refractivity contribution in [1.29, 1.82) is 0 Å². The van der Waals surface area contributed by atoms with Gasteiger partial charge in [0.05, 0.1) is 11.0 Å². The highest BCUT2D eigenvalue weighted by Gasteiger charge is 2.15. The molecule has 0 atom stereocenters. The van der Waals surface area contributed by atoms with E-state index in [1.807, 2.05) is 59.1 Å². The third-order valence-electron chi connectivity index (χ3n) is 12.0. The standard InChI is InChI=1S/C28H18N4.C16H10BrN3.C12H9N/c1-2-11-22-19(8-1)16-17-31-27(29-30-28(22)31)20-9-7-10-21(18-20)32-25-14-5-3-12-23(25)24-13-4-6-15-26(24)32;17-13-6-3-5-12(10-13)15-18-19-16-14-7-2-1-4-11(14)8-9-20(15)16;1-3-7-11-9(5-1)10-6-2-4-8-12(10)13-11/h1-18H;1-10H;1-8,13H. The largest absolute Gasteiger partial charge is 0.355 e. The number of nitrogens with one attached hydrogen (secondary N) is 1. The van der Waals surface area contributed by atoms with E-state index in [1.165, 1.54) is 49.0 Å². The van der Waals surface area contributed by atoms with Crippen molar-refractivity contribution < 1.29 is 0 Å². The van der Waals surface area contributed by atoms with Gasteiger partial charge in [-0.15, -0.1) is 20.4 Å². The van der Waals surface area contributed by atoms with Crippen molar-refractivity contribution in [2.24, 2.45) is 0 Å². The zero-order valence-electron chi connectivity index (χ0n) is 34.8. The van der Waals surface area contributed by atoms with Gasteiger partial charge in [-0.25, -0.2) is 0 Å². The number of aromatic amines is 1. The Balaban J connectivity index is 0.000000114. The van der Waals surface area contributed by atoms with Crippen LogP contribution in [0, 0.1) is 0 Å². The van der Waals surface area contributed by atoms with Crippen LogP contribution in [-0.4, -0.2) is 38.7 Å². The summed E-state index contributed by atoms with van der Waals surface area (Å²) in [6, 6.07) is 71.2. The summed E-state index contributed by atoms with van der Waals surface area (Å²) in [6.45, 7) is 0. The zero-order chi connectivity index (χ0) is 43.3. The minimum absolute atomic E-state index is 0.841. The number of para-hydroxylation sites is 4. The Morgan fingerprint density at radius 1 is 0.369 bits per heavy atom. The summed E-state index contributed by atoms with van der Waals surface area (Å²) in [5, 5.41) is 27.5. The number of fused-ring (bicyclic) bond motifs is 12. The summed E-state index contributed by atoms with van der Waals surface area (Å²) in [6.07, 6.45) is 4.08. The number of pyridine rings is 2. The van der Waals surface area contributed by atoms with Gasteiger partial charge in [-0.3, -0.25) is 8.80 Å². The highest BCUT2D eigenvalue weighted by molar-refractivity contribution is 9.10. The third kappa shape index (κ3) is 6.77. The van der Waals surface area contributed by atoms with Gasteiger partial charge in [0.1, 0.15) is 0 Å². The van der Waals surface area contributed by atoms with Gasteiger partial charge in [-0.1, -0.05) is 162 Å². The average molecular weight is 902 g/mol. The Morgan fingerprint density at radius 3 is 1.35 bits per heavy atom. The van der Waals surface area contributed by atoms with Gasteiger partial charge in [0, 0.05) is 77.0 Å². The lowest BCUT2D eigenvalue weighted by molar-refractivity contribution is 1.11. The first kappa shape index (κ1) is 38.3. The Kier molecular flexibility index (Phi) is 9.46. The van der Waals surface area contributed by atoms with Crippen LogP contribution in [0.25, 0.3) is 105 Å². The maximum absolute atomic E-state index is 4.57. The van der Waals surface area contributed by atoms with Gasteiger partial charge in [-0.2, -0.15) is 0 Å². The lowest BCUT2D eigenvalue weighted by Gasteiger charge is -2.10. The minimum atomic E-state index is 0.841. The highest BCUT2D eigenvalue weighted by Crippen LogP contribution is 2.34. The smallest absolute Gasteiger partial charge is 0.168 e. The van der Waals surface area contributed by atoms with Gasteiger partial charge in [0.2, 0.25) is 0 Å². The van der Waals surface area contributed by atoms with E-state index in [4.69, 9.17) is 0 Å². The van der Waals surface area contributed by atoms with Crippen molar-refractivity contribution in [2.75, 3.05) is 0 Å². The molecular weight excluding hydrogens is 865 g/mol. The van der Waals surface area contributed by atoms with Crippen LogP contribution in [0.5, 0.6) is 0 Å². The molecule has 0 fully saturated rings. The van der Waals surface area contributed by atoms with Crippen LogP contribution in [0.2, 0.25) is 0 Å². The number of halogens is 1. The van der Waals surface area contributed by atoms with Crippen LogP contribution < -0.4 is 0 Å². The molecule has 14 aromatic rings. The first-order chi connectivity index (χ1) is 32.2. The molecule has 8 aromatic carbocycles. The van der Waals surface area contributed by atoms with Crippen LogP contribution in [0.1, 0.15) is 0 Å². The monoisotopic (exact) mass is 900 g/mol. The molecule has 65 heavy (non-hydrogen) atoms. The highest BCUT2D eigenvalue weighted by atomic mass is 79.9. The molecule has 1 N–H and O–H groups in total. The average Bonchev–Trinajstić information content (AvgIpc) is 4.17. The molecule has 308 valence electrons. The molecule has 6 aromatic heterocycles. The van der Waals surface area contributed by atoms with Crippen molar-refractivity contribution in [1.82, 2.24) is 38.7 Å². The summed E-state index contributed by atoms with van der Waals surface area (Å²) in [7, 11) is 0. The predicted octanol–water partition coefficient (Wildman–Crippen LogP) is 14.3. The Bertz CT molecular complexity index is 3960. The van der Waals surface area contributed by atoms with Crippen LogP contribution in [0.4, 0.5) is 0 Å². The normalized spacial score (nSPS) is 11.5. The first-order valence-electron chi connectivity index (χ1n) is 21.4. The maximum Gasteiger partial charge on any atom is 0.168 e. The number of rotatable bonds is 3. The van der Waals surface area contributed by atoms with Gasteiger partial charge < -0.3 is 9.55 Å². The van der Waals surface area contributed by atoms with Gasteiger partial charge in [0.15, 0.2) is 22.9 Å². The van der Waals surface area contributed by atoms with Crippen LogP contribution in [0.3, 0.4) is 0 Å². The molecule has 0 saturated heterocycles. The lowest BCUT2D eigenvalue weighted by Crippen LogP contribution is -1.95. The number of hydrogen-bond acceptors (Lipinski definition) is 4. The maximum atomic E-state index is 4.57. The summed E-state index contributed by atoms with van der Waals surface area (Å²) < 4.78 is 7.47. The van der Waals surface area contributed by atoms with Gasteiger partial charge >= 0.3 is 0 Å². The van der Waals surface area contributed by atoms with Crippen LogP contribution >= 0.6 is 15.9 Å². The van der Waals surface area contributed by atoms with E-state index in [2.05, 4.69) is 214 Å². The number of nitrogens with zero attached hydrogens (tertiary/aromatic N) is 7. The fraction of sp³-hybridized carbons (Fsp3) is 0. The van der Waals surface area contributed by atoms with E-state index in [-0.39, 0.29) is 0 Å². The molecule has 0 aliphatic heterocycles. The van der Waals surface area contributed by atoms with E-state index in [0.717, 1.165) is 60.4 Å². The van der Waals surface area contributed by atoms with E-state index in [0.29, 0.717) is 0 Å². The predicted molar refractivity (Wildman–Crippen MR) is 270 cm³/mol. The molecule has 0 bridgehead atoms. The second kappa shape index (κ2) is 16.1. The molecule has 0 spiro atoms. The molecule has 0 unspecified atom stereocenters. The Hall–Kier alpha value is -8.40. The molecule has 8 nitrogen and oxygen atoms in total. The van der Waals surface area contributed by atoms with Crippen molar-refractivity contribution >= 4 is 92.4 Å². The van der Waals surface area contributed by atoms with Crippen molar-refractivity contribution in [3.63, 3.8) is 0 Å². The van der Waals surface area contributed by atoms with Gasteiger partial charge in [-0.05, 0) is 71.4 Å². The second-order valence-corrected chi connectivity index (χ2v) is 16.8. The minimum Gasteiger partial charge on any atom is -0.355 e. The van der Waals surface area contributed by atoms with E-state index >= 15 is 0 Å². The fourth-order valence-electron chi connectivity index (χ4n) is 9.04. The zero-order valence-corrected chi connectivity index (χ0v) is 36.4. The topological polar surface area (TPSA) is 81.1 Å². The third-order valence-corrected chi connectivity index (χ3v) is 12.5. The summed E-state index contributed by atoms with van der Waals surface area (Å²) >= 11 is 3.49. The lowest BCUT2D eigenvalue weighted by atomic mass is 10.1. The van der Waals surface area contributed by atoms with Crippen LogP contribution in [-0.2, 0) is 0 Å². The number of benzene rings is 8. The SMILES string of the molecule is Brc1cccc(-c2nnc3c4ccccc4ccn23)c1.c1cc(-c2nnc3c4ccccc4ccn23)cc(-n2c3ccccc3c3ccccc32)c1.c1ccc2c(c1)[nH]c1ccccc12. The number of H-pyrrole nitrogens is 1. The molecule has 0 radical (unpaired) electrons. The molecule has 0 aliphatic rings. The van der Waals surface area contributed by atoms with Crippen molar-refractivity contribution in [2.45, 2.75) is 0 Å². The molecule has 0 saturated carbocycles. The number of hydrogen-bond donors (Lipinski definition) is 1. The molecule has 0 aliphatic carbocycles. The Labute approximate surface area is 380 Å². The Morgan fingerprint density at radius 2 is 0.815 bits per heavy atom. The van der Waals surface area contributed by atoms with Crippen LogP contribution in [0.15, 0.2) is 223 Å².